The van der Waals surface area contributed by atoms with Crippen LogP contribution in [-0.2, 0) is 15.1 Å². The lowest BCUT2D eigenvalue weighted by molar-refractivity contribution is -0.134. The number of carbonyl (C=O) groups is 4. The van der Waals surface area contributed by atoms with Crippen LogP contribution in [-0.4, -0.2) is 41.4 Å². The molecule has 0 radical (unpaired) electrons. The third-order valence-corrected chi connectivity index (χ3v) is 4.29. The van der Waals surface area contributed by atoms with Gasteiger partial charge in [0.05, 0.1) is 0 Å². The molecule has 3 N–H and O–H groups in total. The minimum absolute atomic E-state index is 0.172. The molecule has 0 unspecified atom stereocenters. The van der Waals surface area contributed by atoms with E-state index in [0.29, 0.717) is 11.3 Å². The minimum Gasteiger partial charge on any atom is -0.335 e. The lowest BCUT2D eigenvalue weighted by Crippen LogP contribution is -2.48. The van der Waals surface area contributed by atoms with Crippen molar-refractivity contribution in [1.82, 2.24) is 20.9 Å². The number of hydrogen-bond acceptors (Lipinski definition) is 4. The van der Waals surface area contributed by atoms with Crippen LogP contribution in [0.4, 0.5) is 18.4 Å². The Bertz CT molecular complexity index is 801. The van der Waals surface area contributed by atoms with E-state index in [-0.39, 0.29) is 11.6 Å². The molecule has 0 saturated carbocycles. The van der Waals surface area contributed by atoms with Gasteiger partial charge in [0.2, 0.25) is 5.91 Å². The molecular formula is C17H20F2N4O4. The van der Waals surface area contributed by atoms with Crippen molar-refractivity contribution in [3.8, 4) is 0 Å². The summed E-state index contributed by atoms with van der Waals surface area (Å²) in [5.41, 5.74) is -2.24. The van der Waals surface area contributed by atoms with Gasteiger partial charge in [0, 0.05) is 11.6 Å². The molecule has 146 valence electrons. The zero-order valence-corrected chi connectivity index (χ0v) is 15.1. The second-order valence-corrected chi connectivity index (χ2v) is 6.40. The Hall–Kier alpha value is -3.04. The maximum atomic E-state index is 14.1. The van der Waals surface area contributed by atoms with E-state index in [1.165, 1.54) is 6.92 Å². The van der Waals surface area contributed by atoms with Crippen molar-refractivity contribution in [3.05, 3.63) is 35.4 Å². The third kappa shape index (κ3) is 4.21. The van der Waals surface area contributed by atoms with Crippen LogP contribution in [0.2, 0.25) is 0 Å². The average Bonchev–Trinajstić information content (AvgIpc) is 2.80. The number of nitrogens with zero attached hydrogens (tertiary/aromatic N) is 1. The molecule has 1 heterocycles. The second-order valence-electron chi connectivity index (χ2n) is 6.40. The van der Waals surface area contributed by atoms with Crippen LogP contribution in [0, 0.1) is 11.6 Å². The Labute approximate surface area is 154 Å². The van der Waals surface area contributed by atoms with Gasteiger partial charge in [-0.25, -0.2) is 18.4 Å². The maximum absolute atomic E-state index is 14.1. The van der Waals surface area contributed by atoms with Gasteiger partial charge in [0.1, 0.15) is 23.7 Å². The molecule has 0 aromatic heterocycles. The van der Waals surface area contributed by atoms with E-state index in [9.17, 15) is 28.0 Å². The summed E-state index contributed by atoms with van der Waals surface area (Å²) in [7, 11) is 0. The van der Waals surface area contributed by atoms with Crippen LogP contribution in [0.25, 0.3) is 0 Å². The monoisotopic (exact) mass is 382 g/mol. The first kappa shape index (κ1) is 20.3. The van der Waals surface area contributed by atoms with E-state index in [0.717, 1.165) is 18.2 Å². The van der Waals surface area contributed by atoms with E-state index in [1.54, 1.807) is 6.92 Å². The van der Waals surface area contributed by atoms with Gasteiger partial charge in [0.25, 0.3) is 5.91 Å². The van der Waals surface area contributed by atoms with Crippen molar-refractivity contribution in [2.45, 2.75) is 38.8 Å². The van der Waals surface area contributed by atoms with Crippen molar-refractivity contribution in [2.75, 3.05) is 6.54 Å². The summed E-state index contributed by atoms with van der Waals surface area (Å²) < 4.78 is 27.5. The minimum atomic E-state index is -1.87. The Morgan fingerprint density at radius 3 is 2.59 bits per heavy atom. The molecule has 2 atom stereocenters. The normalized spacial score (nSPS) is 20.3. The predicted molar refractivity (Wildman–Crippen MR) is 90.4 cm³/mol. The number of hydrogen-bond donors (Lipinski definition) is 3. The van der Waals surface area contributed by atoms with Crippen molar-refractivity contribution < 1.29 is 28.0 Å². The van der Waals surface area contributed by atoms with Gasteiger partial charge in [-0.2, -0.15) is 0 Å². The van der Waals surface area contributed by atoms with Crippen LogP contribution in [0.5, 0.6) is 0 Å². The van der Waals surface area contributed by atoms with Gasteiger partial charge in [-0.15, -0.1) is 0 Å². The summed E-state index contributed by atoms with van der Waals surface area (Å²) in [6.07, 6.45) is 0.645. The predicted octanol–water partition coefficient (Wildman–Crippen LogP) is 1.36. The van der Waals surface area contributed by atoms with E-state index >= 15 is 0 Å². The quantitative estimate of drug-likeness (QED) is 0.668. The fourth-order valence-corrected chi connectivity index (χ4v) is 2.58. The van der Waals surface area contributed by atoms with E-state index < -0.39 is 47.6 Å². The van der Waals surface area contributed by atoms with Gasteiger partial charge >= 0.3 is 12.1 Å². The van der Waals surface area contributed by atoms with Gasteiger partial charge in [0.15, 0.2) is 0 Å². The summed E-state index contributed by atoms with van der Waals surface area (Å²) in [5.74, 6) is -3.50. The molecule has 8 nitrogen and oxygen atoms in total. The Morgan fingerprint density at radius 2 is 1.96 bits per heavy atom. The van der Waals surface area contributed by atoms with Gasteiger partial charge in [-0.05, 0) is 38.5 Å². The number of rotatable bonds is 5. The van der Waals surface area contributed by atoms with Gasteiger partial charge < -0.3 is 10.6 Å². The lowest BCUT2D eigenvalue weighted by atomic mass is 9.91. The van der Waals surface area contributed by atoms with Crippen LogP contribution >= 0.6 is 0 Å². The smallest absolute Gasteiger partial charge is 0.325 e. The molecule has 1 aliphatic rings. The molecule has 1 saturated heterocycles. The fourth-order valence-electron chi connectivity index (χ4n) is 2.58. The first-order valence-corrected chi connectivity index (χ1v) is 8.28. The fraction of sp³-hybridized carbons (Fsp3) is 0.412. The van der Waals surface area contributed by atoms with E-state index in [2.05, 4.69) is 10.6 Å². The molecule has 1 aromatic rings. The Morgan fingerprint density at radius 1 is 1.30 bits per heavy atom. The highest BCUT2D eigenvalue weighted by molar-refractivity contribution is 6.10. The zero-order chi connectivity index (χ0) is 20.4. The third-order valence-electron chi connectivity index (χ3n) is 4.29. The number of imide groups is 2. The molecule has 0 bridgehead atoms. The summed E-state index contributed by atoms with van der Waals surface area (Å²) in [5, 5.41) is 6.77. The van der Waals surface area contributed by atoms with Gasteiger partial charge in [-0.1, -0.05) is 6.92 Å². The van der Waals surface area contributed by atoms with Gasteiger partial charge in [-0.3, -0.25) is 19.8 Å². The molecule has 10 heteroatoms. The van der Waals surface area contributed by atoms with Crippen LogP contribution in [0.1, 0.15) is 32.8 Å². The van der Waals surface area contributed by atoms with Crippen LogP contribution in [0.3, 0.4) is 0 Å². The molecule has 0 aliphatic carbocycles. The Balaban J connectivity index is 2.13. The highest BCUT2D eigenvalue weighted by Gasteiger charge is 2.50. The Kier molecular flexibility index (Phi) is 5.77. The highest BCUT2D eigenvalue weighted by Crippen LogP contribution is 2.31. The number of halogens is 2. The van der Waals surface area contributed by atoms with Crippen molar-refractivity contribution in [2.24, 2.45) is 0 Å². The van der Waals surface area contributed by atoms with Crippen molar-refractivity contribution in [1.29, 1.82) is 0 Å². The number of urea groups is 2. The molecule has 6 amide bonds. The van der Waals surface area contributed by atoms with Crippen LogP contribution in [0.15, 0.2) is 18.2 Å². The first-order valence-electron chi connectivity index (χ1n) is 8.28. The number of nitrogens with one attached hydrogen (secondary N) is 3. The van der Waals surface area contributed by atoms with Crippen molar-refractivity contribution in [3.63, 3.8) is 0 Å². The largest absolute Gasteiger partial charge is 0.335 e. The molecule has 27 heavy (non-hydrogen) atoms. The summed E-state index contributed by atoms with van der Waals surface area (Å²) in [6.45, 7) is 4.04. The maximum Gasteiger partial charge on any atom is 0.325 e. The molecule has 1 aromatic carbocycles. The van der Waals surface area contributed by atoms with Crippen LogP contribution < -0.4 is 16.0 Å². The highest BCUT2D eigenvalue weighted by atomic mass is 19.1. The summed E-state index contributed by atoms with van der Waals surface area (Å²) in [6, 6.07) is 0.628. The molecule has 1 fully saturated rings. The second kappa shape index (κ2) is 7.68. The summed E-state index contributed by atoms with van der Waals surface area (Å²) >= 11 is 0. The van der Waals surface area contributed by atoms with Crippen molar-refractivity contribution >= 4 is 23.9 Å². The SMILES string of the molecule is CC[C@@H](C)NC(=O)NC(=O)CN1C(=O)N[C@](C)(c2cc(F)ccc2F)C1=O. The van der Waals surface area contributed by atoms with E-state index in [1.807, 2.05) is 12.2 Å². The topological polar surface area (TPSA) is 108 Å². The summed E-state index contributed by atoms with van der Waals surface area (Å²) in [4.78, 5) is 48.9. The number of benzene rings is 1. The number of carbonyl (C=O) groups excluding carboxylic acids is 4. The lowest BCUT2D eigenvalue weighted by Gasteiger charge is -2.22. The standard InChI is InChI=1S/C17H20F2N4O4/c1-4-9(2)20-15(26)21-13(24)8-23-14(25)17(3,22-16(23)27)11-7-10(18)5-6-12(11)19/h5-7,9H,4,8H2,1-3H3,(H,22,27)(H2,20,21,24,26)/t9-,17-/m1/s1. The average molecular weight is 382 g/mol. The molecule has 1 aliphatic heterocycles. The molecule has 0 spiro atoms. The number of amides is 6. The first-order chi connectivity index (χ1) is 12.6. The molecular weight excluding hydrogens is 362 g/mol. The zero-order valence-electron chi connectivity index (χ0n) is 15.1. The molecule has 2 rings (SSSR count). The van der Waals surface area contributed by atoms with E-state index in [4.69, 9.17) is 0 Å².